The molecule has 1 aromatic carbocycles. The van der Waals surface area contributed by atoms with Crippen molar-refractivity contribution in [3.05, 3.63) is 54.1 Å². The largest absolute Gasteiger partial charge is 0.348 e. The fourth-order valence-electron chi connectivity index (χ4n) is 3.54. The summed E-state index contributed by atoms with van der Waals surface area (Å²) in [6.07, 6.45) is 5.32. The average molecular weight is 365 g/mol. The molecule has 1 N–H and O–H groups in total. The molecule has 2 fully saturated rings. The van der Waals surface area contributed by atoms with E-state index in [-0.39, 0.29) is 29.6 Å². The van der Waals surface area contributed by atoms with Gasteiger partial charge in [-0.3, -0.25) is 14.6 Å². The summed E-state index contributed by atoms with van der Waals surface area (Å²) in [5.74, 6) is -0.573. The van der Waals surface area contributed by atoms with Crippen LogP contribution in [0.5, 0.6) is 0 Å². The number of anilines is 1. The molecule has 8 heteroatoms. The Labute approximate surface area is 156 Å². The maximum atomic E-state index is 12.9. The van der Waals surface area contributed by atoms with Gasteiger partial charge >= 0.3 is 6.03 Å². The predicted octanol–water partition coefficient (Wildman–Crippen LogP) is 1.51. The number of nitrogens with one attached hydrogen (secondary N) is 1. The lowest BCUT2D eigenvalue weighted by atomic mass is 9.98. The van der Waals surface area contributed by atoms with Gasteiger partial charge in [-0.15, -0.1) is 0 Å². The summed E-state index contributed by atoms with van der Waals surface area (Å²) >= 11 is 0. The number of carbonyl (C=O) groups excluding carboxylic acids is 3. The molecular weight excluding hydrogens is 346 g/mol. The van der Waals surface area contributed by atoms with Crippen LogP contribution < -0.4 is 10.2 Å². The third-order valence-electron chi connectivity index (χ3n) is 4.97. The van der Waals surface area contributed by atoms with Crippen molar-refractivity contribution < 1.29 is 14.4 Å². The van der Waals surface area contributed by atoms with Crippen LogP contribution in [0.25, 0.3) is 0 Å². The number of aromatic nitrogens is 2. The molecule has 8 nitrogen and oxygen atoms in total. The molecule has 0 aliphatic carbocycles. The van der Waals surface area contributed by atoms with Gasteiger partial charge in [-0.1, -0.05) is 17.7 Å². The number of urea groups is 1. The third kappa shape index (κ3) is 3.14. The number of hydrogen-bond acceptors (Lipinski definition) is 5. The van der Waals surface area contributed by atoms with E-state index < -0.39 is 6.04 Å². The lowest BCUT2D eigenvalue weighted by Gasteiger charge is -2.32. The van der Waals surface area contributed by atoms with Gasteiger partial charge in [0.05, 0.1) is 11.9 Å². The van der Waals surface area contributed by atoms with Crippen molar-refractivity contribution >= 4 is 23.5 Å². The van der Waals surface area contributed by atoms with Crippen LogP contribution in [0.2, 0.25) is 0 Å². The average Bonchev–Trinajstić information content (AvgIpc) is 2.93. The van der Waals surface area contributed by atoms with Crippen molar-refractivity contribution in [3.63, 3.8) is 0 Å². The molecule has 0 radical (unpaired) electrons. The van der Waals surface area contributed by atoms with E-state index in [2.05, 4.69) is 15.3 Å². The minimum atomic E-state index is -0.556. The van der Waals surface area contributed by atoms with Gasteiger partial charge < -0.3 is 10.2 Å². The first-order valence-corrected chi connectivity index (χ1v) is 8.82. The second-order valence-electron chi connectivity index (χ2n) is 6.79. The van der Waals surface area contributed by atoms with Crippen LogP contribution in [0.15, 0.2) is 42.9 Å². The number of imide groups is 1. The van der Waals surface area contributed by atoms with Gasteiger partial charge in [0.2, 0.25) is 0 Å². The SMILES string of the molecule is Cc1ccc(N2C(=O)C3CC(NC(=O)c4cnccn4)CCN3C2=O)cc1. The molecular formula is C19H19N5O3. The standard InChI is InChI=1S/C19H19N5O3/c1-12-2-4-14(5-3-12)24-18(26)16-10-13(6-9-23(16)19(24)27)22-17(25)15-11-20-7-8-21-15/h2-5,7-8,11,13,16H,6,9-10H2,1H3,(H,22,25). The molecule has 138 valence electrons. The topological polar surface area (TPSA) is 95.5 Å². The number of benzene rings is 1. The molecule has 2 aromatic rings. The number of hydrogen-bond donors (Lipinski definition) is 1. The van der Waals surface area contributed by atoms with E-state index in [4.69, 9.17) is 0 Å². The Morgan fingerprint density at radius 3 is 2.67 bits per heavy atom. The minimum absolute atomic E-state index is 0.199. The first-order valence-electron chi connectivity index (χ1n) is 8.82. The molecule has 0 bridgehead atoms. The molecule has 2 aliphatic heterocycles. The Bertz CT molecular complexity index is 884. The normalized spacial score (nSPS) is 22.0. The molecule has 1 aromatic heterocycles. The maximum Gasteiger partial charge on any atom is 0.332 e. The summed E-state index contributed by atoms with van der Waals surface area (Å²) in [4.78, 5) is 48.5. The summed E-state index contributed by atoms with van der Waals surface area (Å²) < 4.78 is 0. The van der Waals surface area contributed by atoms with E-state index in [1.165, 1.54) is 23.5 Å². The Morgan fingerprint density at radius 2 is 1.96 bits per heavy atom. The highest BCUT2D eigenvalue weighted by Crippen LogP contribution is 2.31. The smallest absolute Gasteiger partial charge is 0.332 e. The van der Waals surface area contributed by atoms with E-state index in [1.54, 1.807) is 17.0 Å². The van der Waals surface area contributed by atoms with Crippen molar-refractivity contribution in [1.29, 1.82) is 0 Å². The molecule has 2 atom stereocenters. The summed E-state index contributed by atoms with van der Waals surface area (Å²) in [5.41, 5.74) is 1.86. The van der Waals surface area contributed by atoms with E-state index in [9.17, 15) is 14.4 Å². The van der Waals surface area contributed by atoms with Gasteiger partial charge in [-0.05, 0) is 31.9 Å². The number of fused-ring (bicyclic) bond motifs is 1. The van der Waals surface area contributed by atoms with Crippen molar-refractivity contribution in [1.82, 2.24) is 20.2 Å². The molecule has 0 spiro atoms. The maximum absolute atomic E-state index is 12.9. The van der Waals surface area contributed by atoms with E-state index in [0.29, 0.717) is 25.1 Å². The molecule has 3 heterocycles. The monoisotopic (exact) mass is 365 g/mol. The summed E-state index contributed by atoms with van der Waals surface area (Å²) in [5, 5.41) is 2.90. The van der Waals surface area contributed by atoms with Crippen LogP contribution in [0, 0.1) is 6.92 Å². The third-order valence-corrected chi connectivity index (χ3v) is 4.97. The number of amides is 4. The molecule has 2 aliphatic rings. The number of aryl methyl sites for hydroxylation is 1. The van der Waals surface area contributed by atoms with Gasteiger partial charge in [0.1, 0.15) is 11.7 Å². The zero-order valence-electron chi connectivity index (χ0n) is 14.8. The lowest BCUT2D eigenvalue weighted by molar-refractivity contribution is -0.120. The highest BCUT2D eigenvalue weighted by Gasteiger charge is 2.48. The first kappa shape index (κ1) is 17.1. The minimum Gasteiger partial charge on any atom is -0.348 e. The van der Waals surface area contributed by atoms with Crippen LogP contribution in [-0.4, -0.2) is 51.3 Å². The zero-order chi connectivity index (χ0) is 19.0. The molecule has 2 unspecified atom stereocenters. The van der Waals surface area contributed by atoms with Crippen LogP contribution in [0.4, 0.5) is 10.5 Å². The summed E-state index contributed by atoms with van der Waals surface area (Å²) in [6.45, 7) is 2.37. The lowest BCUT2D eigenvalue weighted by Crippen LogP contribution is -2.49. The van der Waals surface area contributed by atoms with Crippen LogP contribution >= 0.6 is 0 Å². The fourth-order valence-corrected chi connectivity index (χ4v) is 3.54. The van der Waals surface area contributed by atoms with Gasteiger partial charge in [0.25, 0.3) is 11.8 Å². The van der Waals surface area contributed by atoms with Gasteiger partial charge in [0.15, 0.2) is 0 Å². The number of carbonyl (C=O) groups is 3. The number of rotatable bonds is 3. The zero-order valence-corrected chi connectivity index (χ0v) is 14.8. The van der Waals surface area contributed by atoms with Crippen molar-refractivity contribution in [2.24, 2.45) is 0 Å². The number of piperidine rings is 1. The first-order chi connectivity index (χ1) is 13.0. The molecule has 4 amide bonds. The predicted molar refractivity (Wildman–Crippen MR) is 97.1 cm³/mol. The Balaban J connectivity index is 1.48. The molecule has 27 heavy (non-hydrogen) atoms. The quantitative estimate of drug-likeness (QED) is 0.832. The van der Waals surface area contributed by atoms with Crippen LogP contribution in [0.3, 0.4) is 0 Å². The second-order valence-corrected chi connectivity index (χ2v) is 6.79. The second kappa shape index (κ2) is 6.79. The number of nitrogens with zero attached hydrogens (tertiary/aromatic N) is 4. The van der Waals surface area contributed by atoms with E-state index >= 15 is 0 Å². The highest BCUT2D eigenvalue weighted by molar-refractivity contribution is 6.21. The van der Waals surface area contributed by atoms with Gasteiger partial charge in [0, 0.05) is 25.0 Å². The molecule has 4 rings (SSSR count). The summed E-state index contributed by atoms with van der Waals surface area (Å²) in [7, 11) is 0. The van der Waals surface area contributed by atoms with Crippen molar-refractivity contribution in [2.45, 2.75) is 31.8 Å². The molecule has 2 saturated heterocycles. The van der Waals surface area contributed by atoms with Crippen molar-refractivity contribution in [2.75, 3.05) is 11.4 Å². The highest BCUT2D eigenvalue weighted by atomic mass is 16.2. The van der Waals surface area contributed by atoms with E-state index in [0.717, 1.165) is 5.56 Å². The van der Waals surface area contributed by atoms with Gasteiger partial charge in [-0.2, -0.15) is 0 Å². The van der Waals surface area contributed by atoms with Crippen LogP contribution in [-0.2, 0) is 4.79 Å². The summed E-state index contributed by atoms with van der Waals surface area (Å²) in [6, 6.07) is 6.24. The van der Waals surface area contributed by atoms with Crippen molar-refractivity contribution in [3.8, 4) is 0 Å². The molecule has 0 saturated carbocycles. The van der Waals surface area contributed by atoms with Crippen LogP contribution in [0.1, 0.15) is 28.9 Å². The fraction of sp³-hybridized carbons (Fsp3) is 0.316. The Morgan fingerprint density at radius 1 is 1.19 bits per heavy atom. The van der Waals surface area contributed by atoms with E-state index in [1.807, 2.05) is 19.1 Å². The Kier molecular flexibility index (Phi) is 4.31. The Hall–Kier alpha value is -3.29. The van der Waals surface area contributed by atoms with Gasteiger partial charge in [-0.25, -0.2) is 14.7 Å².